The Hall–Kier alpha value is -2.57. The second-order valence-electron chi connectivity index (χ2n) is 9.17. The van der Waals surface area contributed by atoms with Crippen molar-refractivity contribution in [2.24, 2.45) is 23.2 Å². The number of carbonyl (C=O) groups is 2. The lowest BCUT2D eigenvalue weighted by Gasteiger charge is -2.55. The van der Waals surface area contributed by atoms with Gasteiger partial charge in [0, 0.05) is 5.41 Å². The largest absolute Gasteiger partial charge is 0.458 e. The van der Waals surface area contributed by atoms with Crippen molar-refractivity contribution in [3.8, 4) is 0 Å². The summed E-state index contributed by atoms with van der Waals surface area (Å²) in [5.74, 6) is 1.65. The fraction of sp³-hybridized carbons (Fsp3) is 0.591. The molecular formula is C22H25N3O4. The van der Waals surface area contributed by atoms with Crippen molar-refractivity contribution in [2.45, 2.75) is 51.5 Å². The van der Waals surface area contributed by atoms with E-state index in [-0.39, 0.29) is 36.3 Å². The van der Waals surface area contributed by atoms with Crippen LogP contribution in [0.15, 0.2) is 29.1 Å². The summed E-state index contributed by atoms with van der Waals surface area (Å²) in [5.41, 5.74) is -0.0129. The maximum Gasteiger partial charge on any atom is 0.308 e. The van der Waals surface area contributed by atoms with Crippen LogP contribution in [0.25, 0.3) is 10.9 Å². The Kier molecular flexibility index (Phi) is 4.48. The van der Waals surface area contributed by atoms with E-state index in [1.165, 1.54) is 23.9 Å². The maximum atomic E-state index is 12.9. The Morgan fingerprint density at radius 1 is 1.07 bits per heavy atom. The first-order valence-corrected chi connectivity index (χ1v) is 10.5. The van der Waals surface area contributed by atoms with Gasteiger partial charge in [0.1, 0.15) is 5.52 Å². The summed E-state index contributed by atoms with van der Waals surface area (Å²) < 4.78 is 6.46. The predicted molar refractivity (Wildman–Crippen MR) is 105 cm³/mol. The molecule has 1 heterocycles. The van der Waals surface area contributed by atoms with E-state index in [1.807, 2.05) is 0 Å². The predicted octanol–water partition coefficient (Wildman–Crippen LogP) is 2.51. The third kappa shape index (κ3) is 3.36. The maximum absolute atomic E-state index is 12.9. The molecule has 7 heteroatoms. The monoisotopic (exact) mass is 395 g/mol. The molecule has 1 aromatic heterocycles. The molecule has 0 unspecified atom stereocenters. The van der Waals surface area contributed by atoms with Gasteiger partial charge >= 0.3 is 5.97 Å². The molecule has 0 radical (unpaired) electrons. The van der Waals surface area contributed by atoms with E-state index in [1.54, 1.807) is 24.3 Å². The minimum Gasteiger partial charge on any atom is -0.458 e. The van der Waals surface area contributed by atoms with Crippen molar-refractivity contribution in [3.05, 3.63) is 34.6 Å². The zero-order valence-electron chi connectivity index (χ0n) is 16.4. The summed E-state index contributed by atoms with van der Waals surface area (Å²) >= 11 is 0. The van der Waals surface area contributed by atoms with Crippen LogP contribution in [0, 0.1) is 23.2 Å². The number of rotatable bonds is 6. The van der Waals surface area contributed by atoms with E-state index >= 15 is 0 Å². The average Bonchev–Trinajstić information content (AvgIpc) is 2.70. The van der Waals surface area contributed by atoms with Crippen LogP contribution >= 0.6 is 0 Å². The molecule has 6 rings (SSSR count). The Morgan fingerprint density at radius 2 is 1.72 bits per heavy atom. The normalized spacial score (nSPS) is 29.9. The Morgan fingerprint density at radius 3 is 2.41 bits per heavy atom. The van der Waals surface area contributed by atoms with Crippen LogP contribution in [-0.4, -0.2) is 33.4 Å². The molecule has 4 aliphatic carbocycles. The van der Waals surface area contributed by atoms with E-state index in [0.717, 1.165) is 19.3 Å². The number of carbonyl (C=O) groups excluding carboxylic acids is 2. The summed E-state index contributed by atoms with van der Waals surface area (Å²) in [4.78, 5) is 37.5. The van der Waals surface area contributed by atoms with Crippen LogP contribution in [0.3, 0.4) is 0 Å². The van der Waals surface area contributed by atoms with Gasteiger partial charge < -0.3 is 4.74 Å². The number of benzene rings is 1. The molecule has 4 fully saturated rings. The lowest BCUT2D eigenvalue weighted by Crippen LogP contribution is -2.51. The Balaban J connectivity index is 1.17. The zero-order chi connectivity index (χ0) is 20.0. The number of nitrogens with zero attached hydrogens (tertiary/aromatic N) is 3. The van der Waals surface area contributed by atoms with Crippen molar-refractivity contribution in [1.29, 1.82) is 0 Å². The zero-order valence-corrected chi connectivity index (χ0v) is 16.4. The molecule has 7 nitrogen and oxygen atoms in total. The minimum absolute atomic E-state index is 0.0128. The number of hydrogen-bond donors (Lipinski definition) is 0. The molecule has 1 aromatic carbocycles. The van der Waals surface area contributed by atoms with Crippen LogP contribution in [-0.2, 0) is 20.9 Å². The Labute approximate surface area is 168 Å². The smallest absolute Gasteiger partial charge is 0.308 e. The van der Waals surface area contributed by atoms with Crippen molar-refractivity contribution in [3.63, 3.8) is 0 Å². The van der Waals surface area contributed by atoms with E-state index in [9.17, 15) is 14.4 Å². The van der Waals surface area contributed by atoms with Crippen molar-refractivity contribution in [2.75, 3.05) is 6.61 Å². The SMILES string of the molecule is O=C(CCn1nnc2ccccc2c1=O)OCC(=O)C12CC3CC(CC(C3)C1)C2. The van der Waals surface area contributed by atoms with Crippen LogP contribution in [0.5, 0.6) is 0 Å². The molecule has 2 aromatic rings. The highest BCUT2D eigenvalue weighted by molar-refractivity contribution is 5.88. The minimum atomic E-state index is -0.482. The number of ketones is 1. The van der Waals surface area contributed by atoms with Gasteiger partial charge in [0.05, 0.1) is 18.4 Å². The van der Waals surface area contributed by atoms with Gasteiger partial charge in [-0.25, -0.2) is 4.68 Å². The van der Waals surface area contributed by atoms with E-state index < -0.39 is 5.97 Å². The molecule has 152 valence electrons. The summed E-state index contributed by atoms with van der Waals surface area (Å²) in [6.07, 6.45) is 6.71. The van der Waals surface area contributed by atoms with Crippen molar-refractivity contribution in [1.82, 2.24) is 15.0 Å². The number of aryl methyl sites for hydroxylation is 1. The molecular weight excluding hydrogens is 370 g/mol. The highest BCUT2D eigenvalue weighted by atomic mass is 16.5. The number of aromatic nitrogens is 3. The van der Waals surface area contributed by atoms with Crippen molar-refractivity contribution < 1.29 is 14.3 Å². The molecule has 0 saturated heterocycles. The van der Waals surface area contributed by atoms with Crippen LogP contribution in [0.4, 0.5) is 0 Å². The quantitative estimate of drug-likeness (QED) is 0.698. The number of ether oxygens (including phenoxy) is 1. The summed E-state index contributed by atoms with van der Waals surface area (Å²) in [6, 6.07) is 6.96. The fourth-order valence-electron chi connectivity index (χ4n) is 6.19. The first kappa shape index (κ1) is 18.5. The third-order valence-electron chi connectivity index (χ3n) is 7.15. The van der Waals surface area contributed by atoms with Crippen LogP contribution < -0.4 is 5.56 Å². The van der Waals surface area contributed by atoms with Crippen molar-refractivity contribution >= 4 is 22.7 Å². The standard InChI is InChI=1S/C22H25N3O4/c26-19(22-10-14-7-15(11-22)9-16(8-14)12-22)13-29-20(27)5-6-25-21(28)17-3-1-2-4-18(17)23-24-25/h1-4,14-16H,5-13H2. The average molecular weight is 395 g/mol. The first-order chi connectivity index (χ1) is 14.0. The summed E-state index contributed by atoms with van der Waals surface area (Å²) in [7, 11) is 0. The molecule has 29 heavy (non-hydrogen) atoms. The molecule has 4 bridgehead atoms. The van der Waals surface area contributed by atoms with Gasteiger partial charge in [0.25, 0.3) is 5.56 Å². The number of fused-ring (bicyclic) bond motifs is 1. The second kappa shape index (κ2) is 7.04. The summed E-state index contributed by atoms with van der Waals surface area (Å²) in [5, 5.41) is 8.35. The number of esters is 1. The molecule has 0 amide bonds. The number of hydrogen-bond acceptors (Lipinski definition) is 6. The molecule has 0 atom stereocenters. The Bertz CT molecular complexity index is 993. The van der Waals surface area contributed by atoms with Gasteiger partial charge in [-0.3, -0.25) is 14.4 Å². The third-order valence-corrected chi connectivity index (χ3v) is 7.15. The lowest BCUT2D eigenvalue weighted by molar-refractivity contribution is -0.157. The molecule has 4 aliphatic rings. The van der Waals surface area contributed by atoms with Gasteiger partial charge in [0.2, 0.25) is 0 Å². The molecule has 0 N–H and O–H groups in total. The highest BCUT2D eigenvalue weighted by Crippen LogP contribution is 2.60. The highest BCUT2D eigenvalue weighted by Gasteiger charge is 2.54. The van der Waals surface area contributed by atoms with E-state index in [4.69, 9.17) is 4.74 Å². The van der Waals surface area contributed by atoms with Gasteiger partial charge in [-0.05, 0) is 68.4 Å². The van der Waals surface area contributed by atoms with Crippen LogP contribution in [0.1, 0.15) is 44.9 Å². The number of Topliss-reactive ketones (excluding diaryl/α,β-unsaturated/α-hetero) is 1. The van der Waals surface area contributed by atoms with Crippen LogP contribution in [0.2, 0.25) is 0 Å². The van der Waals surface area contributed by atoms with Gasteiger partial charge in [0.15, 0.2) is 12.4 Å². The first-order valence-electron chi connectivity index (χ1n) is 10.5. The topological polar surface area (TPSA) is 91.2 Å². The molecule has 0 aliphatic heterocycles. The lowest BCUT2D eigenvalue weighted by atomic mass is 9.48. The molecule has 4 saturated carbocycles. The van der Waals surface area contributed by atoms with E-state index in [0.29, 0.717) is 28.7 Å². The molecule has 0 spiro atoms. The summed E-state index contributed by atoms with van der Waals surface area (Å²) in [6.45, 7) is -0.0651. The van der Waals surface area contributed by atoms with Gasteiger partial charge in [-0.1, -0.05) is 17.3 Å². The van der Waals surface area contributed by atoms with Gasteiger partial charge in [-0.2, -0.15) is 0 Å². The second-order valence-corrected chi connectivity index (χ2v) is 9.17. The van der Waals surface area contributed by atoms with Gasteiger partial charge in [-0.15, -0.1) is 5.10 Å². The van der Waals surface area contributed by atoms with E-state index in [2.05, 4.69) is 10.3 Å². The fourth-order valence-corrected chi connectivity index (χ4v) is 6.19.